The molecule has 2 N–H and O–H groups in total. The molecule has 108 valence electrons. The van der Waals surface area contributed by atoms with Gasteiger partial charge in [0.2, 0.25) is 0 Å². The van der Waals surface area contributed by atoms with Crippen molar-refractivity contribution < 1.29 is 17.9 Å². The van der Waals surface area contributed by atoms with Crippen molar-refractivity contribution in [2.45, 2.75) is 31.5 Å². The minimum atomic E-state index is -4.35. The van der Waals surface area contributed by atoms with Gasteiger partial charge in [-0.05, 0) is 30.9 Å². The van der Waals surface area contributed by atoms with Crippen LogP contribution in [0.5, 0.6) is 5.75 Å². The summed E-state index contributed by atoms with van der Waals surface area (Å²) >= 11 is 0. The molecule has 1 aromatic carbocycles. The summed E-state index contributed by atoms with van der Waals surface area (Å²) in [5.41, 5.74) is 6.03. The highest BCUT2D eigenvalue weighted by Gasteiger charge is 2.33. The number of methoxy groups -OCH3 is 1. The van der Waals surface area contributed by atoms with Gasteiger partial charge >= 0.3 is 6.18 Å². The zero-order chi connectivity index (χ0) is 13.3. The van der Waals surface area contributed by atoms with E-state index in [0.717, 1.165) is 31.4 Å². The van der Waals surface area contributed by atoms with Crippen LogP contribution in [-0.2, 0) is 6.18 Å². The van der Waals surface area contributed by atoms with Crippen molar-refractivity contribution >= 4 is 12.4 Å². The molecular weight excluding hydrogens is 279 g/mol. The molecule has 0 heterocycles. The van der Waals surface area contributed by atoms with Gasteiger partial charge in [-0.3, -0.25) is 0 Å². The average molecular weight is 296 g/mol. The van der Waals surface area contributed by atoms with Gasteiger partial charge in [0.1, 0.15) is 5.75 Å². The normalized spacial score (nSPS) is 17.3. The molecule has 0 saturated heterocycles. The Hall–Kier alpha value is -0.940. The lowest BCUT2D eigenvalue weighted by Gasteiger charge is -2.32. The summed E-state index contributed by atoms with van der Waals surface area (Å²) in [4.78, 5) is 0. The predicted molar refractivity (Wildman–Crippen MR) is 69.5 cm³/mol. The van der Waals surface area contributed by atoms with Crippen LogP contribution in [0, 0.1) is 5.92 Å². The standard InChI is InChI=1S/C13H16F3NO.ClH/c1-18-11-7-9(13(14,15)16)5-6-10(11)12(17)8-3-2-4-8;/h5-8,12H,2-4,17H2,1H3;1H/t12-;/m1./s1. The van der Waals surface area contributed by atoms with Crippen LogP contribution in [0.4, 0.5) is 13.2 Å². The van der Waals surface area contributed by atoms with Gasteiger partial charge in [0.25, 0.3) is 0 Å². The van der Waals surface area contributed by atoms with Gasteiger partial charge in [-0.25, -0.2) is 0 Å². The lowest BCUT2D eigenvalue weighted by Crippen LogP contribution is -2.27. The molecule has 6 heteroatoms. The number of nitrogens with two attached hydrogens (primary N) is 1. The molecule has 1 saturated carbocycles. The highest BCUT2D eigenvalue weighted by molar-refractivity contribution is 5.85. The Morgan fingerprint density at radius 3 is 2.37 bits per heavy atom. The molecule has 0 aliphatic heterocycles. The molecule has 2 rings (SSSR count). The van der Waals surface area contributed by atoms with Crippen LogP contribution >= 0.6 is 12.4 Å². The summed E-state index contributed by atoms with van der Waals surface area (Å²) in [7, 11) is 1.37. The highest BCUT2D eigenvalue weighted by atomic mass is 35.5. The molecule has 0 bridgehead atoms. The number of benzene rings is 1. The fourth-order valence-electron chi connectivity index (χ4n) is 2.22. The second-order valence-corrected chi connectivity index (χ2v) is 4.67. The third-order valence-corrected chi connectivity index (χ3v) is 3.58. The number of alkyl halides is 3. The van der Waals surface area contributed by atoms with E-state index >= 15 is 0 Å². The van der Waals surface area contributed by atoms with E-state index in [4.69, 9.17) is 10.5 Å². The van der Waals surface area contributed by atoms with Gasteiger partial charge < -0.3 is 10.5 Å². The molecule has 1 aliphatic carbocycles. The summed E-state index contributed by atoms with van der Waals surface area (Å²) in [5.74, 6) is 0.583. The van der Waals surface area contributed by atoms with Crippen LogP contribution in [-0.4, -0.2) is 7.11 Å². The zero-order valence-corrected chi connectivity index (χ0v) is 11.4. The number of hydrogen-bond donors (Lipinski definition) is 1. The van der Waals surface area contributed by atoms with Crippen LogP contribution in [0.25, 0.3) is 0 Å². The van der Waals surface area contributed by atoms with Crippen LogP contribution in [0.3, 0.4) is 0 Å². The maximum Gasteiger partial charge on any atom is 0.416 e. The van der Waals surface area contributed by atoms with Crippen molar-refractivity contribution in [1.82, 2.24) is 0 Å². The maximum atomic E-state index is 12.6. The second-order valence-electron chi connectivity index (χ2n) is 4.67. The summed E-state index contributed by atoms with van der Waals surface area (Å²) in [6, 6.07) is 3.28. The SMILES string of the molecule is COc1cc(C(F)(F)F)ccc1[C@H](N)C1CCC1.Cl. The monoisotopic (exact) mass is 295 g/mol. The third kappa shape index (κ3) is 3.34. The van der Waals surface area contributed by atoms with Gasteiger partial charge in [0.15, 0.2) is 0 Å². The fraction of sp³-hybridized carbons (Fsp3) is 0.538. The largest absolute Gasteiger partial charge is 0.496 e. The van der Waals surface area contributed by atoms with Crippen molar-refractivity contribution in [3.63, 3.8) is 0 Å². The Bertz CT molecular complexity index is 432. The van der Waals surface area contributed by atoms with Crippen molar-refractivity contribution in [3.05, 3.63) is 29.3 Å². The first-order chi connectivity index (χ1) is 8.43. The van der Waals surface area contributed by atoms with Gasteiger partial charge in [-0.1, -0.05) is 12.5 Å². The van der Waals surface area contributed by atoms with E-state index in [1.54, 1.807) is 0 Å². The molecule has 1 aliphatic rings. The van der Waals surface area contributed by atoms with Crippen molar-refractivity contribution in [2.75, 3.05) is 7.11 Å². The predicted octanol–water partition coefficient (Wildman–Crippen LogP) is 3.94. The zero-order valence-electron chi connectivity index (χ0n) is 10.5. The summed E-state index contributed by atoms with van der Waals surface area (Å²) in [6.45, 7) is 0. The Labute approximate surface area is 116 Å². The van der Waals surface area contributed by atoms with E-state index in [1.807, 2.05) is 0 Å². The second kappa shape index (κ2) is 6.01. The fourth-order valence-corrected chi connectivity index (χ4v) is 2.22. The Morgan fingerprint density at radius 1 is 1.32 bits per heavy atom. The quantitative estimate of drug-likeness (QED) is 0.917. The minimum Gasteiger partial charge on any atom is -0.496 e. The van der Waals surface area contributed by atoms with E-state index in [9.17, 15) is 13.2 Å². The number of hydrogen-bond acceptors (Lipinski definition) is 2. The van der Waals surface area contributed by atoms with Crippen LogP contribution < -0.4 is 10.5 Å². The Kier molecular flexibility index (Phi) is 5.10. The molecule has 2 nitrogen and oxygen atoms in total. The summed E-state index contributed by atoms with van der Waals surface area (Å²) in [5, 5.41) is 0. The molecule has 1 atom stereocenters. The summed E-state index contributed by atoms with van der Waals surface area (Å²) < 4.78 is 42.8. The van der Waals surface area contributed by atoms with E-state index in [1.165, 1.54) is 13.2 Å². The number of halogens is 4. The number of ether oxygens (including phenoxy) is 1. The first-order valence-electron chi connectivity index (χ1n) is 5.94. The highest BCUT2D eigenvalue weighted by Crippen LogP contribution is 2.41. The molecule has 1 aromatic rings. The smallest absolute Gasteiger partial charge is 0.416 e. The molecule has 1 fully saturated rings. The first kappa shape index (κ1) is 16.1. The van der Waals surface area contributed by atoms with Crippen molar-refractivity contribution in [3.8, 4) is 5.75 Å². The molecular formula is C13H17ClF3NO. The molecule has 19 heavy (non-hydrogen) atoms. The Morgan fingerprint density at radius 2 is 1.95 bits per heavy atom. The lowest BCUT2D eigenvalue weighted by atomic mass is 9.77. The third-order valence-electron chi connectivity index (χ3n) is 3.58. The van der Waals surface area contributed by atoms with E-state index < -0.39 is 11.7 Å². The number of rotatable bonds is 3. The Balaban J connectivity index is 0.00000180. The van der Waals surface area contributed by atoms with Crippen LogP contribution in [0.2, 0.25) is 0 Å². The lowest BCUT2D eigenvalue weighted by molar-refractivity contribution is -0.137. The van der Waals surface area contributed by atoms with Crippen molar-refractivity contribution in [2.24, 2.45) is 11.7 Å². The summed E-state index contributed by atoms with van der Waals surface area (Å²) in [6.07, 6.45) is -1.15. The van der Waals surface area contributed by atoms with Crippen LogP contribution in [0.15, 0.2) is 18.2 Å². The molecule has 0 unspecified atom stereocenters. The molecule has 0 amide bonds. The van der Waals surface area contributed by atoms with Gasteiger partial charge in [0, 0.05) is 11.6 Å². The molecule has 0 aromatic heterocycles. The van der Waals surface area contributed by atoms with E-state index in [2.05, 4.69) is 0 Å². The van der Waals surface area contributed by atoms with Crippen molar-refractivity contribution in [1.29, 1.82) is 0 Å². The van der Waals surface area contributed by atoms with Crippen LogP contribution in [0.1, 0.15) is 36.4 Å². The minimum absolute atomic E-state index is 0. The van der Waals surface area contributed by atoms with Gasteiger partial charge in [0.05, 0.1) is 12.7 Å². The average Bonchev–Trinajstić information content (AvgIpc) is 2.24. The van der Waals surface area contributed by atoms with E-state index in [0.29, 0.717) is 11.5 Å². The first-order valence-corrected chi connectivity index (χ1v) is 5.94. The maximum absolute atomic E-state index is 12.6. The topological polar surface area (TPSA) is 35.2 Å². The van der Waals surface area contributed by atoms with Gasteiger partial charge in [-0.2, -0.15) is 13.2 Å². The van der Waals surface area contributed by atoms with Gasteiger partial charge in [-0.15, -0.1) is 12.4 Å². The van der Waals surface area contributed by atoms with E-state index in [-0.39, 0.29) is 24.2 Å². The molecule has 0 spiro atoms. The molecule has 0 radical (unpaired) electrons.